The molecule has 1 atom stereocenters. The first-order valence-electron chi connectivity index (χ1n) is 6.33. The fourth-order valence-electron chi connectivity index (χ4n) is 2.23. The Morgan fingerprint density at radius 1 is 1.27 bits per heavy atom. The molecule has 1 aromatic carbocycles. The molecule has 2 nitrogen and oxygen atoms in total. The Hall–Kier alpha value is -2.08. The first-order chi connectivity index (χ1) is 10.3. The van der Waals surface area contributed by atoms with Gasteiger partial charge in [-0.2, -0.15) is 13.2 Å². The number of aromatic nitrogens is 1. The number of nitrogens with zero attached hydrogens (tertiary/aromatic N) is 1. The second-order valence-electron chi connectivity index (χ2n) is 4.58. The first-order valence-corrected chi connectivity index (χ1v) is 7.48. The third kappa shape index (κ3) is 2.78. The normalized spacial score (nSPS) is 14.1. The lowest BCUT2D eigenvalue weighted by Gasteiger charge is -2.12. The Balaban J connectivity index is 2.75. The van der Waals surface area contributed by atoms with Gasteiger partial charge in [-0.05, 0) is 24.3 Å². The molecule has 0 N–H and O–H groups in total. The maximum absolute atomic E-state index is 13.1. The molecule has 6 heteroatoms. The predicted octanol–water partition coefficient (Wildman–Crippen LogP) is 4.56. The van der Waals surface area contributed by atoms with E-state index in [-0.39, 0.29) is 5.39 Å². The molecule has 0 saturated heterocycles. The van der Waals surface area contributed by atoms with Crippen molar-refractivity contribution in [2.45, 2.75) is 11.1 Å². The molecule has 0 spiro atoms. The van der Waals surface area contributed by atoms with Gasteiger partial charge in [0.25, 0.3) is 0 Å². The Morgan fingerprint density at radius 2 is 1.95 bits per heavy atom. The minimum atomic E-state index is -4.46. The van der Waals surface area contributed by atoms with Crippen molar-refractivity contribution in [2.75, 3.05) is 0 Å². The van der Waals surface area contributed by atoms with Gasteiger partial charge in [0.2, 0.25) is 0 Å². The number of fused-ring (bicyclic) bond motifs is 1. The van der Waals surface area contributed by atoms with E-state index in [1.54, 1.807) is 7.05 Å². The molecule has 2 aromatic rings. The topological polar surface area (TPSA) is 22.0 Å². The summed E-state index contributed by atoms with van der Waals surface area (Å²) < 4.78 is 53.4. The molecule has 0 aliphatic carbocycles. The number of hydrogen-bond acceptors (Lipinski definition) is 1. The maximum atomic E-state index is 13.1. The maximum Gasteiger partial charge on any atom is 0.417 e. The summed E-state index contributed by atoms with van der Waals surface area (Å²) in [4.78, 5) is 0.695. The molecular formula is C16H14F3NOS. The molecule has 0 bridgehead atoms. The summed E-state index contributed by atoms with van der Waals surface area (Å²) in [5.74, 6) is 0. The fourth-order valence-corrected chi connectivity index (χ4v) is 3.47. The van der Waals surface area contributed by atoms with Crippen LogP contribution in [0.15, 0.2) is 65.6 Å². The summed E-state index contributed by atoms with van der Waals surface area (Å²) in [6.07, 6.45) is 1.45. The molecule has 2 rings (SSSR count). The van der Waals surface area contributed by atoms with E-state index in [9.17, 15) is 17.4 Å². The third-order valence-corrected chi connectivity index (χ3v) is 4.66. The van der Waals surface area contributed by atoms with Crippen LogP contribution in [0.4, 0.5) is 13.2 Å². The van der Waals surface area contributed by atoms with E-state index in [0.717, 1.165) is 6.07 Å². The van der Waals surface area contributed by atoms with E-state index in [1.807, 2.05) is 0 Å². The number of rotatable bonds is 4. The minimum Gasteiger partial charge on any atom is -0.350 e. The van der Waals surface area contributed by atoms with Crippen molar-refractivity contribution in [1.82, 2.24) is 4.57 Å². The molecule has 116 valence electrons. The second-order valence-corrected chi connectivity index (χ2v) is 6.02. The molecule has 0 radical (unpaired) electrons. The van der Waals surface area contributed by atoms with Gasteiger partial charge in [0, 0.05) is 23.5 Å². The van der Waals surface area contributed by atoms with Crippen molar-refractivity contribution in [3.8, 4) is 0 Å². The van der Waals surface area contributed by atoms with E-state index >= 15 is 0 Å². The van der Waals surface area contributed by atoms with Crippen molar-refractivity contribution >= 4 is 21.7 Å². The van der Waals surface area contributed by atoms with Crippen molar-refractivity contribution in [2.24, 2.45) is 7.05 Å². The lowest BCUT2D eigenvalue weighted by atomic mass is 10.1. The minimum absolute atomic E-state index is 0.0304. The average Bonchev–Trinajstić information content (AvgIpc) is 2.84. The fraction of sp³-hybridized carbons (Fsp3) is 0.125. The predicted molar refractivity (Wildman–Crippen MR) is 82.8 cm³/mol. The van der Waals surface area contributed by atoms with Crippen molar-refractivity contribution < 1.29 is 17.4 Å². The first kappa shape index (κ1) is 16.3. The van der Waals surface area contributed by atoms with Gasteiger partial charge in [0.1, 0.15) is 0 Å². The number of hydrogen-bond donors (Lipinski definition) is 0. The zero-order chi connectivity index (χ0) is 16.5. The average molecular weight is 325 g/mol. The van der Waals surface area contributed by atoms with Crippen LogP contribution in [0, 0.1) is 0 Å². The highest BCUT2D eigenvalue weighted by Gasteiger charge is 2.34. The standard InChI is InChI=1S/C16H14F3NOS/c1-4-6-11(5-2)22(21)14-8-7-13(16(17,18)19)12-9-10-20(3)15(12)14/h4-10H,1-2H2,3H3/b11-6+. The highest BCUT2D eigenvalue weighted by Crippen LogP contribution is 2.37. The van der Waals surface area contributed by atoms with E-state index in [4.69, 9.17) is 0 Å². The molecule has 22 heavy (non-hydrogen) atoms. The Bertz CT molecular complexity index is 800. The van der Waals surface area contributed by atoms with Crippen LogP contribution in [0.2, 0.25) is 0 Å². The Labute approximate surface area is 128 Å². The number of alkyl halides is 3. The summed E-state index contributed by atoms with van der Waals surface area (Å²) in [6.45, 7) is 7.11. The number of halogens is 3. The summed E-state index contributed by atoms with van der Waals surface area (Å²) in [6, 6.07) is 3.59. The van der Waals surface area contributed by atoms with E-state index in [1.165, 1.54) is 41.1 Å². The smallest absolute Gasteiger partial charge is 0.350 e. The molecule has 0 fully saturated rings. The molecule has 1 aromatic heterocycles. The van der Waals surface area contributed by atoms with Crippen LogP contribution < -0.4 is 0 Å². The second kappa shape index (κ2) is 5.96. The van der Waals surface area contributed by atoms with Crippen LogP contribution in [0.25, 0.3) is 10.9 Å². The zero-order valence-corrected chi connectivity index (χ0v) is 12.7. The quantitative estimate of drug-likeness (QED) is 0.755. The number of benzene rings is 1. The summed E-state index contributed by atoms with van der Waals surface area (Å²) >= 11 is 0. The molecular weight excluding hydrogens is 311 g/mol. The van der Waals surface area contributed by atoms with E-state index in [0.29, 0.717) is 15.3 Å². The molecule has 1 heterocycles. The van der Waals surface area contributed by atoms with Crippen LogP contribution in [0.3, 0.4) is 0 Å². The lowest BCUT2D eigenvalue weighted by molar-refractivity contribution is -0.136. The van der Waals surface area contributed by atoms with Gasteiger partial charge in [-0.15, -0.1) is 0 Å². The lowest BCUT2D eigenvalue weighted by Crippen LogP contribution is -2.07. The molecule has 0 aliphatic heterocycles. The van der Waals surface area contributed by atoms with Crippen LogP contribution >= 0.6 is 0 Å². The summed E-state index contributed by atoms with van der Waals surface area (Å²) in [5.41, 5.74) is -0.443. The van der Waals surface area contributed by atoms with E-state index < -0.39 is 22.5 Å². The van der Waals surface area contributed by atoms with Crippen LogP contribution in [-0.2, 0) is 24.0 Å². The monoisotopic (exact) mass is 325 g/mol. The van der Waals surface area contributed by atoms with Crippen molar-refractivity contribution in [1.29, 1.82) is 0 Å². The van der Waals surface area contributed by atoms with Crippen molar-refractivity contribution in [3.05, 3.63) is 66.3 Å². The molecule has 0 amide bonds. The van der Waals surface area contributed by atoms with Gasteiger partial charge >= 0.3 is 6.18 Å². The molecule has 0 aliphatic rings. The molecule has 0 saturated carbocycles. The largest absolute Gasteiger partial charge is 0.417 e. The van der Waals surface area contributed by atoms with Gasteiger partial charge in [-0.25, -0.2) is 4.21 Å². The summed E-state index contributed by atoms with van der Waals surface area (Å²) in [5, 5.41) is 0.0304. The molecule has 1 unspecified atom stereocenters. The Morgan fingerprint density at radius 3 is 2.50 bits per heavy atom. The number of aryl methyl sites for hydroxylation is 1. The van der Waals surface area contributed by atoms with Crippen molar-refractivity contribution in [3.63, 3.8) is 0 Å². The van der Waals surface area contributed by atoms with E-state index in [2.05, 4.69) is 13.2 Å². The highest BCUT2D eigenvalue weighted by molar-refractivity contribution is 7.89. The van der Waals surface area contributed by atoms with Gasteiger partial charge in [0.15, 0.2) is 0 Å². The van der Waals surface area contributed by atoms with Crippen LogP contribution in [-0.4, -0.2) is 8.78 Å². The van der Waals surface area contributed by atoms with Gasteiger partial charge < -0.3 is 4.57 Å². The summed E-state index contributed by atoms with van der Waals surface area (Å²) in [7, 11) is -0.0167. The zero-order valence-electron chi connectivity index (χ0n) is 11.9. The third-order valence-electron chi connectivity index (χ3n) is 3.20. The highest BCUT2D eigenvalue weighted by atomic mass is 32.2. The van der Waals surface area contributed by atoms with Gasteiger partial charge in [-0.3, -0.25) is 0 Å². The van der Waals surface area contributed by atoms with Gasteiger partial charge in [0.05, 0.1) is 26.8 Å². The number of allylic oxidation sites excluding steroid dienone is 3. The van der Waals surface area contributed by atoms with Gasteiger partial charge in [-0.1, -0.05) is 25.3 Å². The van der Waals surface area contributed by atoms with Crippen LogP contribution in [0.5, 0.6) is 0 Å². The van der Waals surface area contributed by atoms with Crippen LogP contribution in [0.1, 0.15) is 5.56 Å². The Kier molecular flexibility index (Phi) is 4.42. The SMILES string of the molecule is C=C/C=C(\C=C)S(=O)c1ccc(C(F)(F)F)c2ccn(C)c12.